The minimum atomic E-state index is -0.366. The first-order valence-electron chi connectivity index (χ1n) is 7.63. The average Bonchev–Trinajstić information content (AvgIpc) is 2.33. The van der Waals surface area contributed by atoms with Gasteiger partial charge >= 0.3 is 0 Å². The molecular weight excluding hydrogens is 226 g/mol. The zero-order chi connectivity index (χ0) is 13.6. The molecule has 0 amide bonds. The van der Waals surface area contributed by atoms with E-state index in [0.29, 0.717) is 13.2 Å². The Balaban J connectivity index is 3.15. The zero-order valence-electron chi connectivity index (χ0n) is 12.6. The molecule has 1 unspecified atom stereocenters. The topological polar surface area (TPSA) is 41.5 Å². The van der Waals surface area contributed by atoms with Crippen LogP contribution < -0.4 is 5.32 Å². The molecule has 18 heavy (non-hydrogen) atoms. The van der Waals surface area contributed by atoms with Gasteiger partial charge in [-0.15, -0.1) is 0 Å². The van der Waals surface area contributed by atoms with Gasteiger partial charge < -0.3 is 15.2 Å². The Morgan fingerprint density at radius 1 is 1.11 bits per heavy atom. The average molecular weight is 259 g/mol. The highest BCUT2D eigenvalue weighted by Crippen LogP contribution is 2.02. The maximum Gasteiger partial charge on any atom is 0.0897 e. The van der Waals surface area contributed by atoms with Gasteiger partial charge in [0, 0.05) is 13.2 Å². The Morgan fingerprint density at radius 2 is 1.89 bits per heavy atom. The van der Waals surface area contributed by atoms with Crippen molar-refractivity contribution in [3.8, 4) is 0 Å². The van der Waals surface area contributed by atoms with Crippen LogP contribution in [0.4, 0.5) is 0 Å². The Morgan fingerprint density at radius 3 is 2.56 bits per heavy atom. The maximum absolute atomic E-state index is 9.67. The van der Waals surface area contributed by atoms with Gasteiger partial charge in [-0.1, -0.05) is 40.0 Å². The number of aliphatic hydroxyl groups is 1. The third-order valence-electron chi connectivity index (χ3n) is 2.97. The van der Waals surface area contributed by atoms with E-state index in [1.54, 1.807) is 0 Å². The summed E-state index contributed by atoms with van der Waals surface area (Å²) in [4.78, 5) is 0. The van der Waals surface area contributed by atoms with Crippen molar-refractivity contribution in [2.75, 3.05) is 26.3 Å². The molecule has 3 heteroatoms. The van der Waals surface area contributed by atoms with Gasteiger partial charge in [0.05, 0.1) is 12.7 Å². The summed E-state index contributed by atoms with van der Waals surface area (Å²) < 4.78 is 5.45. The van der Waals surface area contributed by atoms with Crippen LogP contribution in [0.2, 0.25) is 0 Å². The van der Waals surface area contributed by atoms with Crippen LogP contribution in [0, 0.1) is 5.92 Å². The predicted octanol–water partition coefficient (Wildman–Crippen LogP) is 2.97. The number of hydrogen-bond donors (Lipinski definition) is 2. The quantitative estimate of drug-likeness (QED) is 0.500. The molecule has 0 spiro atoms. The normalized spacial score (nSPS) is 13.2. The highest BCUT2D eigenvalue weighted by molar-refractivity contribution is 4.59. The second kappa shape index (κ2) is 13.3. The van der Waals surface area contributed by atoms with Gasteiger partial charge in [0.2, 0.25) is 0 Å². The fraction of sp³-hybridized carbons (Fsp3) is 1.00. The smallest absolute Gasteiger partial charge is 0.0897 e. The van der Waals surface area contributed by atoms with Crippen LogP contribution in [0.5, 0.6) is 0 Å². The first-order chi connectivity index (χ1) is 8.66. The van der Waals surface area contributed by atoms with Crippen molar-refractivity contribution < 1.29 is 9.84 Å². The van der Waals surface area contributed by atoms with Gasteiger partial charge in [-0.05, 0) is 31.7 Å². The highest BCUT2D eigenvalue weighted by Gasteiger charge is 2.03. The molecule has 0 fully saturated rings. The summed E-state index contributed by atoms with van der Waals surface area (Å²) in [5.74, 6) is 0.767. The molecule has 0 aromatic rings. The molecule has 110 valence electrons. The van der Waals surface area contributed by atoms with E-state index in [0.717, 1.165) is 25.5 Å². The largest absolute Gasteiger partial charge is 0.389 e. The molecule has 1 atom stereocenters. The monoisotopic (exact) mass is 259 g/mol. The van der Waals surface area contributed by atoms with E-state index in [1.807, 2.05) is 0 Å². The fourth-order valence-electron chi connectivity index (χ4n) is 1.81. The summed E-state index contributed by atoms with van der Waals surface area (Å²) >= 11 is 0. The lowest BCUT2D eigenvalue weighted by Gasteiger charge is -2.12. The van der Waals surface area contributed by atoms with Gasteiger partial charge in [-0.3, -0.25) is 0 Å². The molecule has 0 heterocycles. The number of hydrogen-bond acceptors (Lipinski definition) is 3. The first kappa shape index (κ1) is 17.9. The molecule has 0 saturated heterocycles. The minimum Gasteiger partial charge on any atom is -0.389 e. The van der Waals surface area contributed by atoms with E-state index in [4.69, 9.17) is 4.74 Å². The van der Waals surface area contributed by atoms with Gasteiger partial charge in [-0.2, -0.15) is 0 Å². The van der Waals surface area contributed by atoms with Crippen molar-refractivity contribution in [1.82, 2.24) is 5.32 Å². The predicted molar refractivity (Wildman–Crippen MR) is 77.9 cm³/mol. The third kappa shape index (κ3) is 13.9. The summed E-state index contributed by atoms with van der Waals surface area (Å²) in [5.41, 5.74) is 0. The standard InChI is InChI=1S/C15H33NO2/c1-4-5-6-7-11-18-13-15(17)12-16-10-8-9-14(2)3/h14-17H,4-13H2,1-3H3. The van der Waals surface area contributed by atoms with Crippen molar-refractivity contribution >= 4 is 0 Å². The summed E-state index contributed by atoms with van der Waals surface area (Å²) in [5, 5.41) is 12.9. The second-order valence-electron chi connectivity index (χ2n) is 5.53. The van der Waals surface area contributed by atoms with Crippen molar-refractivity contribution in [2.24, 2.45) is 5.92 Å². The number of unbranched alkanes of at least 4 members (excludes halogenated alkanes) is 3. The van der Waals surface area contributed by atoms with Crippen molar-refractivity contribution in [3.05, 3.63) is 0 Å². The van der Waals surface area contributed by atoms with Gasteiger partial charge in [-0.25, -0.2) is 0 Å². The van der Waals surface area contributed by atoms with Crippen LogP contribution in [-0.4, -0.2) is 37.5 Å². The SMILES string of the molecule is CCCCCCOCC(O)CNCCCC(C)C. The van der Waals surface area contributed by atoms with E-state index in [9.17, 15) is 5.11 Å². The summed E-state index contributed by atoms with van der Waals surface area (Å²) in [6.45, 7) is 9.56. The van der Waals surface area contributed by atoms with Crippen LogP contribution in [-0.2, 0) is 4.74 Å². The van der Waals surface area contributed by atoms with E-state index < -0.39 is 0 Å². The van der Waals surface area contributed by atoms with Crippen molar-refractivity contribution in [3.63, 3.8) is 0 Å². The molecule has 0 rings (SSSR count). The Labute approximate surface area is 113 Å². The van der Waals surface area contributed by atoms with Crippen LogP contribution >= 0.6 is 0 Å². The molecule has 0 radical (unpaired) electrons. The molecule has 0 aliphatic rings. The van der Waals surface area contributed by atoms with Gasteiger partial charge in [0.25, 0.3) is 0 Å². The van der Waals surface area contributed by atoms with E-state index in [1.165, 1.54) is 32.1 Å². The number of ether oxygens (including phenoxy) is 1. The minimum absolute atomic E-state index is 0.366. The van der Waals surface area contributed by atoms with Gasteiger partial charge in [0.1, 0.15) is 0 Å². The van der Waals surface area contributed by atoms with Crippen molar-refractivity contribution in [1.29, 1.82) is 0 Å². The molecule has 0 aliphatic carbocycles. The molecule has 2 N–H and O–H groups in total. The van der Waals surface area contributed by atoms with Crippen LogP contribution in [0.1, 0.15) is 59.3 Å². The Hall–Kier alpha value is -0.120. The molecule has 0 aromatic carbocycles. The molecule has 3 nitrogen and oxygen atoms in total. The summed E-state index contributed by atoms with van der Waals surface area (Å²) in [6.07, 6.45) is 6.95. The maximum atomic E-state index is 9.67. The third-order valence-corrected chi connectivity index (χ3v) is 2.97. The lowest BCUT2D eigenvalue weighted by Crippen LogP contribution is -2.31. The molecule has 0 saturated carbocycles. The van der Waals surface area contributed by atoms with Crippen molar-refractivity contribution in [2.45, 2.75) is 65.4 Å². The van der Waals surface area contributed by atoms with Crippen LogP contribution in [0.25, 0.3) is 0 Å². The van der Waals surface area contributed by atoms with Crippen LogP contribution in [0.15, 0.2) is 0 Å². The van der Waals surface area contributed by atoms with Gasteiger partial charge in [0.15, 0.2) is 0 Å². The molecule has 0 aliphatic heterocycles. The lowest BCUT2D eigenvalue weighted by molar-refractivity contribution is 0.0355. The number of rotatable bonds is 13. The Kier molecular flexibility index (Phi) is 13.2. The zero-order valence-corrected chi connectivity index (χ0v) is 12.6. The summed E-state index contributed by atoms with van der Waals surface area (Å²) in [6, 6.07) is 0. The van der Waals surface area contributed by atoms with E-state index in [-0.39, 0.29) is 6.10 Å². The molecule has 0 bridgehead atoms. The first-order valence-corrected chi connectivity index (χ1v) is 7.63. The number of aliphatic hydroxyl groups excluding tert-OH is 1. The lowest BCUT2D eigenvalue weighted by atomic mass is 10.1. The van der Waals surface area contributed by atoms with E-state index >= 15 is 0 Å². The number of nitrogens with one attached hydrogen (secondary N) is 1. The Bertz CT molecular complexity index is 163. The molecular formula is C15H33NO2. The second-order valence-corrected chi connectivity index (χ2v) is 5.53. The van der Waals surface area contributed by atoms with Crippen LogP contribution in [0.3, 0.4) is 0 Å². The summed E-state index contributed by atoms with van der Waals surface area (Å²) in [7, 11) is 0. The fourth-order valence-corrected chi connectivity index (χ4v) is 1.81. The van der Waals surface area contributed by atoms with E-state index in [2.05, 4.69) is 26.1 Å². The highest BCUT2D eigenvalue weighted by atomic mass is 16.5. The molecule has 0 aromatic heterocycles.